The maximum absolute atomic E-state index is 2.42. The Morgan fingerprint density at radius 3 is 1.41 bits per heavy atom. The molecule has 0 aromatic heterocycles. The van der Waals surface area contributed by atoms with Gasteiger partial charge in [-0.2, -0.15) is 0 Å². The molecule has 3 aromatic rings. The number of rotatable bonds is 0. The lowest BCUT2D eigenvalue weighted by atomic mass is 9.81. The summed E-state index contributed by atoms with van der Waals surface area (Å²) >= 11 is 0. The number of benzene rings is 3. The monoisotopic (exact) mass is 278 g/mol. The molecule has 0 spiro atoms. The fraction of sp³-hybridized carbons (Fsp3) is 0.0909. The number of hydrogen-bond donors (Lipinski definition) is 0. The maximum Gasteiger partial charge on any atom is 0.0285 e. The summed E-state index contributed by atoms with van der Waals surface area (Å²) in [5, 5.41) is 0. The van der Waals surface area contributed by atoms with Crippen LogP contribution in [0.5, 0.6) is 0 Å². The smallest absolute Gasteiger partial charge is 0.0285 e. The molecule has 0 heteroatoms. The van der Waals surface area contributed by atoms with Crippen LogP contribution in [0.15, 0.2) is 72.8 Å². The zero-order valence-corrected chi connectivity index (χ0v) is 12.1. The van der Waals surface area contributed by atoms with Crippen LogP contribution in [0.25, 0.3) is 22.3 Å². The van der Waals surface area contributed by atoms with Crippen molar-refractivity contribution in [3.05, 3.63) is 95.1 Å². The SMILES string of the molecule is C1=C[C@@H]2c3ccccc3-c3ccc4c(c32)[C@H]1c1ccccc1-4. The molecular weight excluding hydrogens is 264 g/mol. The van der Waals surface area contributed by atoms with Crippen LogP contribution in [0.4, 0.5) is 0 Å². The van der Waals surface area contributed by atoms with E-state index in [1.54, 1.807) is 11.1 Å². The first-order valence-corrected chi connectivity index (χ1v) is 7.97. The Bertz CT molecular complexity index is 910. The van der Waals surface area contributed by atoms with Gasteiger partial charge >= 0.3 is 0 Å². The lowest BCUT2D eigenvalue weighted by molar-refractivity contribution is 0.930. The van der Waals surface area contributed by atoms with Crippen LogP contribution in [0.2, 0.25) is 0 Å². The van der Waals surface area contributed by atoms with E-state index in [-0.39, 0.29) is 0 Å². The summed E-state index contributed by atoms with van der Waals surface area (Å²) < 4.78 is 0. The number of hydrogen-bond acceptors (Lipinski definition) is 0. The predicted octanol–water partition coefficient (Wildman–Crippen LogP) is 5.48. The van der Waals surface area contributed by atoms with Gasteiger partial charge in [-0.05, 0) is 44.5 Å². The molecular formula is C22H14. The maximum atomic E-state index is 2.42. The Morgan fingerprint density at radius 1 is 0.455 bits per heavy atom. The van der Waals surface area contributed by atoms with Crippen molar-refractivity contribution < 1.29 is 0 Å². The van der Waals surface area contributed by atoms with E-state index in [4.69, 9.17) is 0 Å². The molecule has 0 unspecified atom stereocenters. The lowest BCUT2D eigenvalue weighted by Crippen LogP contribution is -2.06. The first-order chi connectivity index (χ1) is 10.9. The van der Waals surface area contributed by atoms with Gasteiger partial charge in [-0.25, -0.2) is 0 Å². The van der Waals surface area contributed by atoms with Crippen LogP contribution in [0.3, 0.4) is 0 Å². The van der Waals surface area contributed by atoms with Crippen molar-refractivity contribution in [2.75, 3.05) is 0 Å². The average molecular weight is 278 g/mol. The highest BCUT2D eigenvalue weighted by molar-refractivity contribution is 5.91. The quantitative estimate of drug-likeness (QED) is 0.478. The first-order valence-electron chi connectivity index (χ1n) is 7.97. The second-order valence-corrected chi connectivity index (χ2v) is 6.50. The van der Waals surface area contributed by atoms with E-state index in [1.165, 1.54) is 33.4 Å². The van der Waals surface area contributed by atoms with E-state index in [9.17, 15) is 0 Å². The molecule has 0 fully saturated rings. The molecule has 3 aromatic carbocycles. The van der Waals surface area contributed by atoms with Gasteiger partial charge < -0.3 is 0 Å². The van der Waals surface area contributed by atoms with Crippen molar-refractivity contribution >= 4 is 0 Å². The Balaban J connectivity index is 1.76. The molecule has 2 atom stereocenters. The van der Waals surface area contributed by atoms with E-state index < -0.39 is 0 Å². The second-order valence-electron chi connectivity index (χ2n) is 6.50. The van der Waals surface area contributed by atoms with Crippen LogP contribution < -0.4 is 0 Å². The highest BCUT2D eigenvalue weighted by Gasteiger charge is 2.39. The van der Waals surface area contributed by atoms with Crippen molar-refractivity contribution in [2.24, 2.45) is 0 Å². The second kappa shape index (κ2) is 3.59. The molecule has 0 amide bonds. The minimum atomic E-state index is 0.451. The fourth-order valence-electron chi connectivity index (χ4n) is 4.74. The molecule has 0 radical (unpaired) electrons. The van der Waals surface area contributed by atoms with Crippen LogP contribution in [-0.2, 0) is 0 Å². The van der Waals surface area contributed by atoms with Crippen molar-refractivity contribution in [3.63, 3.8) is 0 Å². The molecule has 22 heavy (non-hydrogen) atoms. The van der Waals surface area contributed by atoms with Gasteiger partial charge in [-0.3, -0.25) is 0 Å². The molecule has 0 aliphatic heterocycles. The fourth-order valence-corrected chi connectivity index (χ4v) is 4.74. The van der Waals surface area contributed by atoms with Gasteiger partial charge in [-0.1, -0.05) is 72.8 Å². The molecule has 0 heterocycles. The van der Waals surface area contributed by atoms with Crippen molar-refractivity contribution in [2.45, 2.75) is 11.8 Å². The molecule has 0 saturated heterocycles. The summed E-state index contributed by atoms with van der Waals surface area (Å²) in [6.45, 7) is 0. The van der Waals surface area contributed by atoms with Crippen LogP contribution >= 0.6 is 0 Å². The summed E-state index contributed by atoms with van der Waals surface area (Å²) in [4.78, 5) is 0. The van der Waals surface area contributed by atoms with Crippen LogP contribution in [0.1, 0.15) is 34.1 Å². The normalized spacial score (nSPS) is 21.5. The number of allylic oxidation sites excluding steroid dienone is 2. The van der Waals surface area contributed by atoms with Crippen LogP contribution in [-0.4, -0.2) is 0 Å². The zero-order valence-electron chi connectivity index (χ0n) is 12.1. The summed E-state index contributed by atoms with van der Waals surface area (Å²) in [5.74, 6) is 0.901. The molecule has 3 aliphatic rings. The molecule has 0 N–H and O–H groups in total. The minimum absolute atomic E-state index is 0.451. The standard InChI is InChI=1S/C22H14/c1-2-6-14-13(5-1)17-9-10-19-15-7-3-4-8-16(15)20-12-11-18(14)21(17)22(19)20/h1-12,17,19H/t17-,19-/m1/s1. The predicted molar refractivity (Wildman–Crippen MR) is 90.1 cm³/mol. The summed E-state index contributed by atoms with van der Waals surface area (Å²) in [6.07, 6.45) is 4.85. The van der Waals surface area contributed by atoms with Crippen molar-refractivity contribution in [3.8, 4) is 22.3 Å². The van der Waals surface area contributed by atoms with Gasteiger partial charge in [0.2, 0.25) is 0 Å². The lowest BCUT2D eigenvalue weighted by Gasteiger charge is -2.22. The van der Waals surface area contributed by atoms with E-state index in [1.807, 2.05) is 0 Å². The van der Waals surface area contributed by atoms with Gasteiger partial charge in [-0.15, -0.1) is 0 Å². The Morgan fingerprint density at radius 2 is 0.909 bits per heavy atom. The third-order valence-corrected chi connectivity index (χ3v) is 5.58. The van der Waals surface area contributed by atoms with Crippen molar-refractivity contribution in [1.29, 1.82) is 0 Å². The first kappa shape index (κ1) is 11.0. The minimum Gasteiger partial charge on any atom is -0.0757 e. The van der Waals surface area contributed by atoms with E-state index in [2.05, 4.69) is 72.8 Å². The largest absolute Gasteiger partial charge is 0.0757 e. The average Bonchev–Trinajstić information content (AvgIpc) is 3.08. The molecule has 0 bridgehead atoms. The summed E-state index contributed by atoms with van der Waals surface area (Å²) in [5.41, 5.74) is 11.8. The van der Waals surface area contributed by atoms with E-state index in [0.717, 1.165) is 0 Å². The van der Waals surface area contributed by atoms with Gasteiger partial charge in [0.15, 0.2) is 0 Å². The Labute approximate surface area is 129 Å². The van der Waals surface area contributed by atoms with E-state index in [0.29, 0.717) is 11.8 Å². The highest BCUT2D eigenvalue weighted by Crippen LogP contribution is 2.58. The molecule has 0 nitrogen and oxygen atoms in total. The summed E-state index contributed by atoms with van der Waals surface area (Å²) in [7, 11) is 0. The third-order valence-electron chi connectivity index (χ3n) is 5.58. The van der Waals surface area contributed by atoms with E-state index >= 15 is 0 Å². The van der Waals surface area contributed by atoms with Gasteiger partial charge in [0.25, 0.3) is 0 Å². The van der Waals surface area contributed by atoms with Crippen molar-refractivity contribution in [1.82, 2.24) is 0 Å². The summed E-state index contributed by atoms with van der Waals surface area (Å²) in [6, 6.07) is 22.5. The Hall–Kier alpha value is -2.60. The molecule has 102 valence electrons. The van der Waals surface area contributed by atoms with Gasteiger partial charge in [0.1, 0.15) is 0 Å². The van der Waals surface area contributed by atoms with Gasteiger partial charge in [0, 0.05) is 11.8 Å². The zero-order chi connectivity index (χ0) is 14.3. The molecule has 6 rings (SSSR count). The molecule has 3 aliphatic carbocycles. The topological polar surface area (TPSA) is 0 Å². The highest BCUT2D eigenvalue weighted by atomic mass is 14.4. The van der Waals surface area contributed by atoms with Gasteiger partial charge in [0.05, 0.1) is 0 Å². The third kappa shape index (κ3) is 1.09. The Kier molecular flexibility index (Phi) is 1.80. The molecule has 0 saturated carbocycles. The van der Waals surface area contributed by atoms with Crippen LogP contribution in [0, 0.1) is 0 Å². The number of fused-ring (bicyclic) bond motifs is 6.